The monoisotopic (exact) mass is 308 g/mol. The summed E-state index contributed by atoms with van der Waals surface area (Å²) < 4.78 is 0. The van der Waals surface area contributed by atoms with E-state index in [1.165, 1.54) is 5.01 Å². The van der Waals surface area contributed by atoms with E-state index in [1.807, 2.05) is 62.4 Å². The minimum absolute atomic E-state index is 0.280. The third-order valence-electron chi connectivity index (χ3n) is 4.25. The van der Waals surface area contributed by atoms with E-state index in [0.717, 1.165) is 11.3 Å². The van der Waals surface area contributed by atoms with Crippen molar-refractivity contribution in [1.82, 2.24) is 5.01 Å². The molecule has 0 saturated heterocycles. The van der Waals surface area contributed by atoms with E-state index in [0.29, 0.717) is 24.0 Å². The fourth-order valence-corrected chi connectivity index (χ4v) is 2.88. The van der Waals surface area contributed by atoms with E-state index in [4.69, 9.17) is 0 Å². The zero-order valence-electron chi connectivity index (χ0n) is 13.4. The molecule has 2 aromatic rings. The Kier molecular flexibility index (Phi) is 4.01. The second-order valence-electron chi connectivity index (χ2n) is 5.81. The zero-order chi connectivity index (χ0) is 16.4. The molecule has 0 aromatic heterocycles. The van der Waals surface area contributed by atoms with Crippen LogP contribution in [0.15, 0.2) is 59.7 Å². The number of hydrazone groups is 1. The van der Waals surface area contributed by atoms with Crippen molar-refractivity contribution in [3.8, 4) is 0 Å². The summed E-state index contributed by atoms with van der Waals surface area (Å²) in [5.74, 6) is -0.280. The van der Waals surface area contributed by atoms with Gasteiger partial charge in [-0.2, -0.15) is 10.1 Å². The number of carbonyl (C=O) groups excluding carboxylic acids is 1. The number of carbonyl (C=O) groups is 1. The van der Waals surface area contributed by atoms with Gasteiger partial charge < -0.3 is 5.11 Å². The minimum atomic E-state index is -1.42. The Bertz CT molecular complexity index is 755. The van der Waals surface area contributed by atoms with Crippen molar-refractivity contribution in [3.63, 3.8) is 0 Å². The van der Waals surface area contributed by atoms with Gasteiger partial charge in [0.1, 0.15) is 0 Å². The van der Waals surface area contributed by atoms with Crippen molar-refractivity contribution in [2.24, 2.45) is 5.10 Å². The van der Waals surface area contributed by atoms with Crippen molar-refractivity contribution in [2.45, 2.75) is 32.4 Å². The molecule has 1 heterocycles. The average molecular weight is 308 g/mol. The molecule has 0 saturated carbocycles. The molecule has 118 valence electrons. The summed E-state index contributed by atoms with van der Waals surface area (Å²) in [6.07, 6.45) is 1.04. The third-order valence-corrected chi connectivity index (χ3v) is 4.25. The number of hydrogen-bond acceptors (Lipinski definition) is 3. The standard InChI is InChI=1S/C19H20N2O2/c1-3-16-13-19(23,15-10-5-4-6-11-15)21(20-16)18(22)17-12-8-7-9-14(17)2/h4-12,23H,3,13H2,1-2H3/t19-/m0/s1. The van der Waals surface area contributed by atoms with Gasteiger partial charge in [0.25, 0.3) is 5.91 Å². The molecule has 1 atom stereocenters. The molecule has 4 heteroatoms. The average Bonchev–Trinajstić information content (AvgIpc) is 2.94. The number of aliphatic hydroxyl groups is 1. The Morgan fingerprint density at radius 2 is 1.83 bits per heavy atom. The first-order valence-electron chi connectivity index (χ1n) is 7.80. The maximum atomic E-state index is 13.0. The lowest BCUT2D eigenvalue weighted by Gasteiger charge is -2.31. The normalized spacial score (nSPS) is 20.5. The predicted octanol–water partition coefficient (Wildman–Crippen LogP) is 3.45. The zero-order valence-corrected chi connectivity index (χ0v) is 13.4. The Labute approximate surface area is 136 Å². The topological polar surface area (TPSA) is 52.9 Å². The molecule has 1 N–H and O–H groups in total. The second kappa shape index (κ2) is 5.97. The van der Waals surface area contributed by atoms with Crippen LogP contribution in [-0.2, 0) is 5.72 Å². The highest BCUT2D eigenvalue weighted by molar-refractivity contribution is 5.99. The van der Waals surface area contributed by atoms with Crippen LogP contribution in [0.5, 0.6) is 0 Å². The highest BCUT2D eigenvalue weighted by Gasteiger charge is 2.45. The van der Waals surface area contributed by atoms with E-state index in [2.05, 4.69) is 5.10 Å². The molecular formula is C19H20N2O2. The van der Waals surface area contributed by atoms with Crippen LogP contribution < -0.4 is 0 Å². The van der Waals surface area contributed by atoms with Gasteiger partial charge in [-0.25, -0.2) is 0 Å². The maximum absolute atomic E-state index is 13.0. The van der Waals surface area contributed by atoms with Crippen LogP contribution in [0, 0.1) is 6.92 Å². The van der Waals surface area contributed by atoms with Crippen LogP contribution in [0.4, 0.5) is 0 Å². The number of aryl methyl sites for hydroxylation is 1. The fraction of sp³-hybridized carbons (Fsp3) is 0.263. The highest BCUT2D eigenvalue weighted by Crippen LogP contribution is 2.37. The number of benzene rings is 2. The molecule has 1 aliphatic heterocycles. The summed E-state index contributed by atoms with van der Waals surface area (Å²) in [5.41, 5.74) is 1.50. The highest BCUT2D eigenvalue weighted by atomic mass is 16.3. The minimum Gasteiger partial charge on any atom is -0.365 e. The van der Waals surface area contributed by atoms with Crippen LogP contribution in [0.2, 0.25) is 0 Å². The van der Waals surface area contributed by atoms with Crippen molar-refractivity contribution < 1.29 is 9.90 Å². The van der Waals surface area contributed by atoms with Gasteiger partial charge in [0.05, 0.1) is 0 Å². The summed E-state index contributed by atoms with van der Waals surface area (Å²) >= 11 is 0. The van der Waals surface area contributed by atoms with E-state index in [-0.39, 0.29) is 5.91 Å². The van der Waals surface area contributed by atoms with Crippen LogP contribution in [0.25, 0.3) is 0 Å². The Hall–Kier alpha value is -2.46. The van der Waals surface area contributed by atoms with Crippen molar-refractivity contribution in [1.29, 1.82) is 0 Å². The summed E-state index contributed by atoms with van der Waals surface area (Å²) in [6, 6.07) is 16.6. The van der Waals surface area contributed by atoms with Gasteiger partial charge >= 0.3 is 0 Å². The second-order valence-corrected chi connectivity index (χ2v) is 5.81. The van der Waals surface area contributed by atoms with E-state index in [9.17, 15) is 9.90 Å². The van der Waals surface area contributed by atoms with Gasteiger partial charge in [0.2, 0.25) is 0 Å². The number of rotatable bonds is 3. The first-order chi connectivity index (χ1) is 11.1. The van der Waals surface area contributed by atoms with Crippen molar-refractivity contribution in [2.75, 3.05) is 0 Å². The quantitative estimate of drug-likeness (QED) is 0.944. The van der Waals surface area contributed by atoms with E-state index >= 15 is 0 Å². The van der Waals surface area contributed by atoms with Gasteiger partial charge in [-0.15, -0.1) is 0 Å². The molecule has 1 aliphatic rings. The Morgan fingerprint density at radius 1 is 1.17 bits per heavy atom. The predicted molar refractivity (Wildman–Crippen MR) is 90.0 cm³/mol. The number of hydrogen-bond donors (Lipinski definition) is 1. The largest absolute Gasteiger partial charge is 0.365 e. The van der Waals surface area contributed by atoms with E-state index in [1.54, 1.807) is 6.07 Å². The Balaban J connectivity index is 2.05. The summed E-state index contributed by atoms with van der Waals surface area (Å²) in [7, 11) is 0. The molecule has 0 spiro atoms. The molecule has 0 aliphatic carbocycles. The molecule has 0 unspecified atom stereocenters. The molecule has 0 radical (unpaired) electrons. The lowest BCUT2D eigenvalue weighted by Crippen LogP contribution is -2.43. The van der Waals surface area contributed by atoms with Gasteiger partial charge in [0, 0.05) is 23.3 Å². The fourth-order valence-electron chi connectivity index (χ4n) is 2.88. The summed E-state index contributed by atoms with van der Waals surface area (Å²) in [5, 5.41) is 16.9. The first kappa shape index (κ1) is 15.4. The van der Waals surface area contributed by atoms with E-state index < -0.39 is 5.72 Å². The summed E-state index contributed by atoms with van der Waals surface area (Å²) in [4.78, 5) is 13.0. The Morgan fingerprint density at radius 3 is 2.48 bits per heavy atom. The maximum Gasteiger partial charge on any atom is 0.277 e. The van der Waals surface area contributed by atoms with Gasteiger partial charge in [-0.05, 0) is 25.0 Å². The van der Waals surface area contributed by atoms with Gasteiger partial charge in [-0.1, -0.05) is 55.5 Å². The smallest absolute Gasteiger partial charge is 0.277 e. The van der Waals surface area contributed by atoms with Crippen molar-refractivity contribution >= 4 is 11.6 Å². The molecule has 0 bridgehead atoms. The van der Waals surface area contributed by atoms with Crippen molar-refractivity contribution in [3.05, 3.63) is 71.3 Å². The third kappa shape index (κ3) is 2.66. The summed E-state index contributed by atoms with van der Waals surface area (Å²) in [6.45, 7) is 3.86. The molecule has 4 nitrogen and oxygen atoms in total. The van der Waals surface area contributed by atoms with Crippen LogP contribution in [0.3, 0.4) is 0 Å². The first-order valence-corrected chi connectivity index (χ1v) is 7.80. The van der Waals surface area contributed by atoms with Gasteiger partial charge in [0.15, 0.2) is 5.72 Å². The lowest BCUT2D eigenvalue weighted by atomic mass is 9.96. The van der Waals surface area contributed by atoms with Crippen LogP contribution in [-0.4, -0.2) is 21.7 Å². The number of amides is 1. The molecule has 1 amide bonds. The van der Waals surface area contributed by atoms with Crippen LogP contribution >= 0.6 is 0 Å². The lowest BCUT2D eigenvalue weighted by molar-refractivity contribution is -0.0765. The molecule has 23 heavy (non-hydrogen) atoms. The van der Waals surface area contributed by atoms with Crippen LogP contribution in [0.1, 0.15) is 41.3 Å². The molecule has 2 aromatic carbocycles. The molecule has 3 rings (SSSR count). The molecule has 0 fully saturated rings. The SMILES string of the molecule is CCC1=NN(C(=O)c2ccccc2C)[C@@](O)(c2ccccc2)C1. The number of nitrogens with zero attached hydrogens (tertiary/aromatic N) is 2. The van der Waals surface area contributed by atoms with Gasteiger partial charge in [-0.3, -0.25) is 4.79 Å². The molecular weight excluding hydrogens is 288 g/mol.